The monoisotopic (exact) mass is 286 g/mol. The van der Waals surface area contributed by atoms with Crippen molar-refractivity contribution in [3.05, 3.63) is 59.2 Å². The van der Waals surface area contributed by atoms with Crippen molar-refractivity contribution >= 4 is 29.9 Å². The lowest BCUT2D eigenvalue weighted by molar-refractivity contribution is 0.0693. The zero-order valence-corrected chi connectivity index (χ0v) is 11.7. The minimum Gasteiger partial charge on any atom is -0.507 e. The van der Waals surface area contributed by atoms with E-state index >= 15 is 0 Å². The average molecular weight is 286 g/mol. The highest BCUT2D eigenvalue weighted by molar-refractivity contribution is 7.98. The molecule has 2 aromatic carbocycles. The highest BCUT2D eigenvalue weighted by atomic mass is 32.2. The van der Waals surface area contributed by atoms with Gasteiger partial charge in [-0.1, -0.05) is 30.4 Å². The predicted molar refractivity (Wildman–Crippen MR) is 82.2 cm³/mol. The fourth-order valence-electron chi connectivity index (χ4n) is 1.74. The summed E-state index contributed by atoms with van der Waals surface area (Å²) in [6.45, 7) is 0. The molecule has 0 aliphatic rings. The van der Waals surface area contributed by atoms with E-state index in [0.29, 0.717) is 0 Å². The van der Waals surface area contributed by atoms with Gasteiger partial charge >= 0.3 is 5.97 Å². The van der Waals surface area contributed by atoms with Crippen LogP contribution in [0.3, 0.4) is 0 Å². The van der Waals surface area contributed by atoms with Gasteiger partial charge in [-0.25, -0.2) is 4.79 Å². The van der Waals surface area contributed by atoms with Crippen molar-refractivity contribution in [2.24, 2.45) is 0 Å². The van der Waals surface area contributed by atoms with E-state index in [9.17, 15) is 9.90 Å². The highest BCUT2D eigenvalue weighted by Crippen LogP contribution is 2.20. The smallest absolute Gasteiger partial charge is 0.339 e. The van der Waals surface area contributed by atoms with Gasteiger partial charge in [0.1, 0.15) is 11.3 Å². The van der Waals surface area contributed by atoms with Gasteiger partial charge in [-0.3, -0.25) is 0 Å². The first kappa shape index (κ1) is 14.2. The largest absolute Gasteiger partial charge is 0.507 e. The SMILES string of the molecule is CSc1ccc(C=Cc2ccc(O)c(C(=O)O)c2)cc1. The maximum absolute atomic E-state index is 10.9. The first-order chi connectivity index (χ1) is 9.60. The van der Waals surface area contributed by atoms with Crippen LogP contribution in [0.1, 0.15) is 21.5 Å². The summed E-state index contributed by atoms with van der Waals surface area (Å²) in [5.41, 5.74) is 1.67. The summed E-state index contributed by atoms with van der Waals surface area (Å²) >= 11 is 1.68. The van der Waals surface area contributed by atoms with Gasteiger partial charge in [-0.2, -0.15) is 0 Å². The van der Waals surface area contributed by atoms with Gasteiger partial charge in [0, 0.05) is 4.90 Å². The van der Waals surface area contributed by atoms with E-state index in [2.05, 4.69) is 0 Å². The highest BCUT2D eigenvalue weighted by Gasteiger charge is 2.08. The lowest BCUT2D eigenvalue weighted by Crippen LogP contribution is -1.96. The van der Waals surface area contributed by atoms with Gasteiger partial charge in [0.05, 0.1) is 0 Å². The minimum atomic E-state index is -1.14. The van der Waals surface area contributed by atoms with Gasteiger partial charge < -0.3 is 10.2 Å². The molecule has 0 saturated carbocycles. The van der Waals surface area contributed by atoms with Crippen LogP contribution in [0.15, 0.2) is 47.4 Å². The van der Waals surface area contributed by atoms with Crippen molar-refractivity contribution in [2.45, 2.75) is 4.90 Å². The van der Waals surface area contributed by atoms with Crippen LogP contribution in [0.5, 0.6) is 5.75 Å². The minimum absolute atomic E-state index is 0.0927. The Kier molecular flexibility index (Phi) is 4.48. The lowest BCUT2D eigenvalue weighted by atomic mass is 10.1. The summed E-state index contributed by atoms with van der Waals surface area (Å²) in [6.07, 6.45) is 5.75. The lowest BCUT2D eigenvalue weighted by Gasteiger charge is -2.01. The molecule has 0 bridgehead atoms. The molecule has 0 unspecified atom stereocenters. The quantitative estimate of drug-likeness (QED) is 0.659. The molecule has 0 atom stereocenters. The number of phenols is 1. The number of benzene rings is 2. The van der Waals surface area contributed by atoms with E-state index < -0.39 is 5.97 Å². The molecule has 0 amide bonds. The Hall–Kier alpha value is -2.20. The zero-order valence-electron chi connectivity index (χ0n) is 10.9. The van der Waals surface area contributed by atoms with E-state index in [-0.39, 0.29) is 11.3 Å². The second-order valence-electron chi connectivity index (χ2n) is 4.19. The molecular formula is C16H14O3S. The van der Waals surface area contributed by atoms with Crippen LogP contribution in [0, 0.1) is 0 Å². The number of carboxylic acids is 1. The normalized spacial score (nSPS) is 10.8. The van der Waals surface area contributed by atoms with Gasteiger partial charge in [-0.15, -0.1) is 11.8 Å². The van der Waals surface area contributed by atoms with Crippen molar-refractivity contribution in [2.75, 3.05) is 6.26 Å². The number of hydrogen-bond donors (Lipinski definition) is 2. The Morgan fingerprint density at radius 2 is 1.65 bits per heavy atom. The number of carboxylic acid groups (broad SMARTS) is 1. The van der Waals surface area contributed by atoms with E-state index in [1.165, 1.54) is 17.0 Å². The van der Waals surface area contributed by atoms with E-state index in [0.717, 1.165) is 11.1 Å². The molecule has 3 nitrogen and oxygen atoms in total. The average Bonchev–Trinajstić information content (AvgIpc) is 2.46. The molecule has 0 aliphatic carbocycles. The molecule has 0 radical (unpaired) electrons. The molecular weight excluding hydrogens is 272 g/mol. The molecule has 102 valence electrons. The molecule has 0 heterocycles. The summed E-state index contributed by atoms with van der Waals surface area (Å²) in [7, 11) is 0. The third-order valence-electron chi connectivity index (χ3n) is 2.84. The number of aromatic hydroxyl groups is 1. The fourth-order valence-corrected chi connectivity index (χ4v) is 2.14. The van der Waals surface area contributed by atoms with Crippen molar-refractivity contribution in [3.8, 4) is 5.75 Å². The predicted octanol–water partition coefficient (Wildman–Crippen LogP) is 3.98. The van der Waals surface area contributed by atoms with Crippen molar-refractivity contribution in [1.29, 1.82) is 0 Å². The van der Waals surface area contributed by atoms with E-state index in [1.54, 1.807) is 17.8 Å². The Morgan fingerprint density at radius 1 is 1.05 bits per heavy atom. The standard InChI is InChI=1S/C16H14O3S/c1-20-13-7-4-11(5-8-13)2-3-12-6-9-15(17)14(10-12)16(18)19/h2-10,17H,1H3,(H,18,19). The Labute approximate surface area is 121 Å². The van der Waals surface area contributed by atoms with Gasteiger partial charge in [0.25, 0.3) is 0 Å². The summed E-state index contributed by atoms with van der Waals surface area (Å²) in [5, 5.41) is 18.4. The van der Waals surface area contributed by atoms with E-state index in [4.69, 9.17) is 5.11 Å². The van der Waals surface area contributed by atoms with Crippen LogP contribution < -0.4 is 0 Å². The third-order valence-corrected chi connectivity index (χ3v) is 3.58. The molecule has 4 heteroatoms. The zero-order chi connectivity index (χ0) is 14.5. The second-order valence-corrected chi connectivity index (χ2v) is 5.07. The summed E-state index contributed by atoms with van der Waals surface area (Å²) in [4.78, 5) is 12.1. The van der Waals surface area contributed by atoms with Crippen LogP contribution >= 0.6 is 11.8 Å². The van der Waals surface area contributed by atoms with E-state index in [1.807, 2.05) is 42.7 Å². The number of rotatable bonds is 4. The number of thioether (sulfide) groups is 1. The summed E-state index contributed by atoms with van der Waals surface area (Å²) in [5.74, 6) is -1.36. The Bertz CT molecular complexity index is 645. The number of carbonyl (C=O) groups is 1. The van der Waals surface area contributed by atoms with Crippen LogP contribution in [0.25, 0.3) is 12.2 Å². The Morgan fingerprint density at radius 3 is 2.25 bits per heavy atom. The molecule has 20 heavy (non-hydrogen) atoms. The third kappa shape index (κ3) is 3.42. The molecule has 0 spiro atoms. The van der Waals surface area contributed by atoms with Crippen LogP contribution in [-0.4, -0.2) is 22.4 Å². The first-order valence-electron chi connectivity index (χ1n) is 5.98. The first-order valence-corrected chi connectivity index (χ1v) is 7.21. The maximum Gasteiger partial charge on any atom is 0.339 e. The van der Waals surface area contributed by atoms with Crippen LogP contribution in [-0.2, 0) is 0 Å². The van der Waals surface area contributed by atoms with Crippen molar-refractivity contribution < 1.29 is 15.0 Å². The molecule has 2 rings (SSSR count). The summed E-state index contributed by atoms with van der Waals surface area (Å²) < 4.78 is 0. The molecule has 0 aliphatic heterocycles. The van der Waals surface area contributed by atoms with Crippen molar-refractivity contribution in [3.63, 3.8) is 0 Å². The molecule has 0 aromatic heterocycles. The Balaban J connectivity index is 2.22. The number of aromatic carboxylic acids is 1. The molecule has 2 aromatic rings. The summed E-state index contributed by atoms with van der Waals surface area (Å²) in [6, 6.07) is 12.6. The van der Waals surface area contributed by atoms with Crippen LogP contribution in [0.2, 0.25) is 0 Å². The number of hydrogen-bond acceptors (Lipinski definition) is 3. The molecule has 2 N–H and O–H groups in total. The maximum atomic E-state index is 10.9. The molecule has 0 saturated heterocycles. The van der Waals surface area contributed by atoms with Crippen molar-refractivity contribution in [1.82, 2.24) is 0 Å². The van der Waals surface area contributed by atoms with Gasteiger partial charge in [0.2, 0.25) is 0 Å². The topological polar surface area (TPSA) is 57.5 Å². The fraction of sp³-hybridized carbons (Fsp3) is 0.0625. The van der Waals surface area contributed by atoms with Gasteiger partial charge in [-0.05, 0) is 41.6 Å². The van der Waals surface area contributed by atoms with Crippen LogP contribution in [0.4, 0.5) is 0 Å². The second kappa shape index (κ2) is 6.30. The molecule has 0 fully saturated rings. The van der Waals surface area contributed by atoms with Gasteiger partial charge in [0.15, 0.2) is 0 Å².